The maximum absolute atomic E-state index is 5.70. The fraction of sp³-hybridized carbons (Fsp3) is 0.263. The van der Waals surface area contributed by atoms with Crippen molar-refractivity contribution in [3.8, 4) is 17.2 Å². The Kier molecular flexibility index (Phi) is 4.38. The van der Waals surface area contributed by atoms with E-state index in [2.05, 4.69) is 29.4 Å². The minimum atomic E-state index is 0.414. The summed E-state index contributed by atoms with van der Waals surface area (Å²) in [5.74, 6) is 1.35. The van der Waals surface area contributed by atoms with Crippen molar-refractivity contribution in [1.29, 1.82) is 0 Å². The summed E-state index contributed by atoms with van der Waals surface area (Å²) in [6.45, 7) is 2.78. The van der Waals surface area contributed by atoms with Gasteiger partial charge in [-0.3, -0.25) is 0 Å². The number of quaternary nitrogens is 1. The lowest BCUT2D eigenvalue weighted by Crippen LogP contribution is -3.11. The highest BCUT2D eigenvalue weighted by Gasteiger charge is 2.20. The molecular weight excluding hydrogens is 334 g/mol. The zero-order valence-electron chi connectivity index (χ0n) is 14.1. The van der Waals surface area contributed by atoms with Crippen molar-refractivity contribution in [3.63, 3.8) is 0 Å². The zero-order valence-corrected chi connectivity index (χ0v) is 14.9. The van der Waals surface area contributed by atoms with Crippen molar-refractivity contribution in [3.05, 3.63) is 64.5 Å². The first kappa shape index (κ1) is 16.1. The SMILES string of the molecule is COc1ccc(-c2nn(C[NH+]3CCc4ccccc4C3)c(=S)o2)cc1. The van der Waals surface area contributed by atoms with Crippen molar-refractivity contribution in [2.45, 2.75) is 19.6 Å². The molecule has 1 aliphatic rings. The van der Waals surface area contributed by atoms with Gasteiger partial charge in [0, 0.05) is 17.5 Å². The molecule has 0 radical (unpaired) electrons. The van der Waals surface area contributed by atoms with Gasteiger partial charge in [-0.1, -0.05) is 24.3 Å². The van der Waals surface area contributed by atoms with E-state index in [0.717, 1.165) is 30.8 Å². The van der Waals surface area contributed by atoms with E-state index in [1.807, 2.05) is 24.3 Å². The second-order valence-corrected chi connectivity index (χ2v) is 6.60. The molecule has 3 aromatic rings. The maximum Gasteiger partial charge on any atom is 0.292 e. The van der Waals surface area contributed by atoms with Crippen molar-refractivity contribution in [1.82, 2.24) is 9.78 Å². The number of nitrogens with zero attached hydrogens (tertiary/aromatic N) is 2. The highest BCUT2D eigenvalue weighted by molar-refractivity contribution is 7.71. The van der Waals surface area contributed by atoms with Gasteiger partial charge in [-0.2, -0.15) is 4.68 Å². The molecule has 0 bridgehead atoms. The number of hydrogen-bond acceptors (Lipinski definition) is 4. The number of hydrogen-bond donors (Lipinski definition) is 1. The van der Waals surface area contributed by atoms with Gasteiger partial charge in [0.15, 0.2) is 6.67 Å². The summed E-state index contributed by atoms with van der Waals surface area (Å²) in [5, 5.41) is 4.57. The van der Waals surface area contributed by atoms with Crippen LogP contribution >= 0.6 is 12.2 Å². The molecule has 4 rings (SSSR count). The van der Waals surface area contributed by atoms with Crippen LogP contribution in [0.25, 0.3) is 11.5 Å². The number of aromatic nitrogens is 2. The first-order chi connectivity index (χ1) is 12.2. The van der Waals surface area contributed by atoms with Crippen LogP contribution in [0.5, 0.6) is 5.75 Å². The van der Waals surface area contributed by atoms with Crippen molar-refractivity contribution < 1.29 is 14.1 Å². The van der Waals surface area contributed by atoms with E-state index < -0.39 is 0 Å². The summed E-state index contributed by atoms with van der Waals surface area (Å²) in [6, 6.07) is 16.3. The Morgan fingerprint density at radius 1 is 1.16 bits per heavy atom. The monoisotopic (exact) mass is 354 g/mol. The van der Waals surface area contributed by atoms with Crippen molar-refractivity contribution in [2.24, 2.45) is 0 Å². The molecule has 0 aliphatic carbocycles. The Bertz CT molecular complexity index is 930. The van der Waals surface area contributed by atoms with E-state index in [1.165, 1.54) is 16.0 Å². The summed E-state index contributed by atoms with van der Waals surface area (Å²) in [7, 11) is 1.65. The Balaban J connectivity index is 1.52. The van der Waals surface area contributed by atoms with E-state index in [1.54, 1.807) is 11.8 Å². The summed E-state index contributed by atoms with van der Waals surface area (Å²) in [5.41, 5.74) is 3.76. The Morgan fingerprint density at radius 3 is 2.68 bits per heavy atom. The van der Waals surface area contributed by atoms with E-state index in [4.69, 9.17) is 21.4 Å². The summed E-state index contributed by atoms with van der Waals surface area (Å²) in [6.07, 6.45) is 1.09. The number of benzene rings is 2. The highest BCUT2D eigenvalue weighted by atomic mass is 32.1. The molecule has 0 spiro atoms. The normalized spacial score (nSPS) is 16.4. The molecule has 0 amide bonds. The summed E-state index contributed by atoms with van der Waals surface area (Å²) < 4.78 is 12.7. The number of fused-ring (bicyclic) bond motifs is 1. The molecular formula is C19H20N3O2S+. The predicted octanol–water partition coefficient (Wildman–Crippen LogP) is 2.48. The third-order valence-electron chi connectivity index (χ3n) is 4.62. The quantitative estimate of drug-likeness (QED) is 0.731. The number of nitrogens with one attached hydrogen (secondary N) is 1. The lowest BCUT2D eigenvalue weighted by Gasteiger charge is -2.25. The highest BCUT2D eigenvalue weighted by Crippen LogP contribution is 2.21. The fourth-order valence-corrected chi connectivity index (χ4v) is 3.43. The average molecular weight is 354 g/mol. The molecule has 0 fully saturated rings. The van der Waals surface area contributed by atoms with Crippen LogP contribution in [0, 0.1) is 4.84 Å². The van der Waals surface area contributed by atoms with Crippen molar-refractivity contribution >= 4 is 12.2 Å². The lowest BCUT2D eigenvalue weighted by molar-refractivity contribution is -0.939. The van der Waals surface area contributed by atoms with Gasteiger partial charge < -0.3 is 14.1 Å². The minimum Gasteiger partial charge on any atom is -0.497 e. The van der Waals surface area contributed by atoms with E-state index in [0.29, 0.717) is 17.4 Å². The van der Waals surface area contributed by atoms with Crippen LogP contribution in [-0.4, -0.2) is 23.4 Å². The third-order valence-corrected chi connectivity index (χ3v) is 4.92. The molecule has 1 N–H and O–H groups in total. The smallest absolute Gasteiger partial charge is 0.292 e. The van der Waals surface area contributed by atoms with Crippen LogP contribution in [0.1, 0.15) is 11.1 Å². The minimum absolute atomic E-state index is 0.414. The third kappa shape index (κ3) is 3.36. The first-order valence-electron chi connectivity index (χ1n) is 8.35. The Labute approximate surface area is 151 Å². The molecule has 5 nitrogen and oxygen atoms in total. The molecule has 0 saturated heterocycles. The number of methoxy groups -OCH3 is 1. The van der Waals surface area contributed by atoms with Gasteiger partial charge in [0.05, 0.1) is 13.7 Å². The van der Waals surface area contributed by atoms with Crippen LogP contribution in [0.3, 0.4) is 0 Å². The van der Waals surface area contributed by atoms with Crippen LogP contribution < -0.4 is 9.64 Å². The van der Waals surface area contributed by atoms with Gasteiger partial charge >= 0.3 is 0 Å². The topological polar surface area (TPSA) is 44.6 Å². The van der Waals surface area contributed by atoms with Gasteiger partial charge in [-0.15, -0.1) is 5.10 Å². The predicted molar refractivity (Wildman–Crippen MR) is 97.0 cm³/mol. The lowest BCUT2D eigenvalue weighted by atomic mass is 10.0. The van der Waals surface area contributed by atoms with E-state index >= 15 is 0 Å². The average Bonchev–Trinajstić information content (AvgIpc) is 3.02. The second-order valence-electron chi connectivity index (χ2n) is 6.25. The zero-order chi connectivity index (χ0) is 17.2. The fourth-order valence-electron chi connectivity index (χ4n) is 3.25. The maximum atomic E-state index is 5.70. The molecule has 1 aliphatic heterocycles. The van der Waals surface area contributed by atoms with Crippen LogP contribution in [0.15, 0.2) is 52.9 Å². The van der Waals surface area contributed by atoms with E-state index in [9.17, 15) is 0 Å². The molecule has 2 heterocycles. The van der Waals surface area contributed by atoms with E-state index in [-0.39, 0.29) is 0 Å². The Morgan fingerprint density at radius 2 is 1.92 bits per heavy atom. The first-order valence-corrected chi connectivity index (χ1v) is 8.76. The molecule has 0 saturated carbocycles. The molecule has 6 heteroatoms. The number of rotatable bonds is 4. The second kappa shape index (κ2) is 6.82. The van der Waals surface area contributed by atoms with Gasteiger partial charge in [0.2, 0.25) is 5.89 Å². The Hall–Kier alpha value is -2.44. The summed E-state index contributed by atoms with van der Waals surface area (Å²) in [4.78, 5) is 1.85. The molecule has 1 unspecified atom stereocenters. The van der Waals surface area contributed by atoms with Crippen LogP contribution in [0.4, 0.5) is 0 Å². The van der Waals surface area contributed by atoms with Crippen molar-refractivity contribution in [2.75, 3.05) is 13.7 Å². The molecule has 2 aromatic carbocycles. The van der Waals surface area contributed by atoms with Gasteiger partial charge in [-0.05, 0) is 42.0 Å². The summed E-state index contributed by atoms with van der Waals surface area (Å²) >= 11 is 5.36. The molecule has 128 valence electrons. The largest absolute Gasteiger partial charge is 0.497 e. The molecule has 25 heavy (non-hydrogen) atoms. The molecule has 1 aromatic heterocycles. The van der Waals surface area contributed by atoms with Gasteiger partial charge in [0.1, 0.15) is 12.3 Å². The number of ether oxygens (including phenoxy) is 1. The van der Waals surface area contributed by atoms with Gasteiger partial charge in [0.25, 0.3) is 4.84 Å². The van der Waals surface area contributed by atoms with Gasteiger partial charge in [-0.25, -0.2) is 0 Å². The van der Waals surface area contributed by atoms with Crippen LogP contribution in [-0.2, 0) is 19.6 Å². The molecule has 1 atom stereocenters. The standard InChI is InChI=1S/C19H19N3O2S/c1-23-17-8-6-15(7-9-17)18-20-22(19(25)24-18)13-21-11-10-14-4-2-3-5-16(14)12-21/h2-9H,10-13H2,1H3/p+1. The van der Waals surface area contributed by atoms with Crippen LogP contribution in [0.2, 0.25) is 0 Å².